The summed E-state index contributed by atoms with van der Waals surface area (Å²) in [6.07, 6.45) is 0. The highest BCUT2D eigenvalue weighted by atomic mass is 32.3. The molecule has 0 fully saturated rings. The first-order chi connectivity index (χ1) is 12.5. The molecule has 0 spiro atoms. The van der Waals surface area contributed by atoms with Crippen molar-refractivity contribution in [2.24, 2.45) is 0 Å². The fourth-order valence-electron chi connectivity index (χ4n) is 1.34. The lowest BCUT2D eigenvalue weighted by Gasteiger charge is -2.06. The Morgan fingerprint density at radius 2 is 1.07 bits per heavy atom. The van der Waals surface area contributed by atoms with Crippen LogP contribution in [0.5, 0.6) is 0 Å². The van der Waals surface area contributed by atoms with E-state index in [9.17, 15) is 20.2 Å². The predicted octanol–water partition coefficient (Wildman–Crippen LogP) is 2.82. The highest BCUT2D eigenvalue weighted by Gasteiger charge is 2.12. The Hall–Kier alpha value is -4.05. The van der Waals surface area contributed by atoms with Crippen molar-refractivity contribution in [3.63, 3.8) is 0 Å². The van der Waals surface area contributed by atoms with Crippen LogP contribution in [-0.4, -0.2) is 27.4 Å². The normalized spacial score (nSPS) is 9.19. The van der Waals surface area contributed by atoms with Gasteiger partial charge in [0, 0.05) is 34.7 Å². The first-order valence-corrected chi connectivity index (χ1v) is 7.67. The fraction of sp³-hybridized carbons (Fsp3) is 0. The molecule has 15 heteroatoms. The SMILES string of the molecule is N#[N+]c1cccc([N+](=O)[O-])c1.N#[N+]c1cccc([N+](=O)[O-])c1.O=S(=O)([O-])[O-]. The monoisotopic (exact) mass is 396 g/mol. The molecule has 0 N–H and O–H groups in total. The molecule has 0 aliphatic rings. The fourth-order valence-corrected chi connectivity index (χ4v) is 1.34. The van der Waals surface area contributed by atoms with Crippen LogP contribution in [0.3, 0.4) is 0 Å². The third kappa shape index (κ3) is 11.2. The van der Waals surface area contributed by atoms with Gasteiger partial charge in [-0.05, 0) is 12.1 Å². The van der Waals surface area contributed by atoms with Gasteiger partial charge in [0.15, 0.2) is 9.95 Å². The summed E-state index contributed by atoms with van der Waals surface area (Å²) in [6, 6.07) is 10.9. The van der Waals surface area contributed by atoms with E-state index in [1.807, 2.05) is 0 Å². The highest BCUT2D eigenvalue weighted by Crippen LogP contribution is 2.19. The summed E-state index contributed by atoms with van der Waals surface area (Å²) in [4.78, 5) is 24.8. The van der Waals surface area contributed by atoms with Gasteiger partial charge in [-0.2, -0.15) is 0 Å². The van der Waals surface area contributed by atoms with Crippen molar-refractivity contribution in [2.75, 3.05) is 0 Å². The molecule has 0 saturated carbocycles. The average molecular weight is 396 g/mol. The van der Waals surface area contributed by atoms with Crippen LogP contribution in [0.1, 0.15) is 0 Å². The number of rotatable bonds is 2. The zero-order valence-electron chi connectivity index (χ0n) is 13.0. The van der Waals surface area contributed by atoms with Gasteiger partial charge in [-0.3, -0.25) is 28.6 Å². The first kappa shape index (κ1) is 22.9. The van der Waals surface area contributed by atoms with Crippen LogP contribution >= 0.6 is 0 Å². The molecule has 0 aliphatic heterocycles. The molecule has 0 bridgehead atoms. The third-order valence-corrected chi connectivity index (χ3v) is 2.31. The van der Waals surface area contributed by atoms with Crippen LogP contribution in [0.2, 0.25) is 0 Å². The number of benzene rings is 2. The number of nitrogens with zero attached hydrogens (tertiary/aromatic N) is 6. The summed E-state index contributed by atoms with van der Waals surface area (Å²) >= 11 is 0. The Labute approximate surface area is 150 Å². The number of nitro benzene ring substituents is 2. The van der Waals surface area contributed by atoms with Crippen molar-refractivity contribution in [3.05, 3.63) is 78.7 Å². The van der Waals surface area contributed by atoms with Crippen molar-refractivity contribution in [1.82, 2.24) is 0 Å². The summed E-state index contributed by atoms with van der Waals surface area (Å²) in [5.41, 5.74) is 0.194. The van der Waals surface area contributed by atoms with Crippen molar-refractivity contribution in [3.8, 4) is 0 Å². The minimum absolute atomic E-state index is 0.0831. The van der Waals surface area contributed by atoms with Gasteiger partial charge in [-0.25, -0.2) is 0 Å². The van der Waals surface area contributed by atoms with Crippen LogP contribution in [0.4, 0.5) is 22.7 Å². The number of hydrogen-bond acceptors (Lipinski definition) is 10. The molecule has 2 aromatic carbocycles. The lowest BCUT2D eigenvalue weighted by molar-refractivity contribution is -0.385. The van der Waals surface area contributed by atoms with Gasteiger partial charge < -0.3 is 9.11 Å². The third-order valence-electron chi connectivity index (χ3n) is 2.31. The quantitative estimate of drug-likeness (QED) is 0.237. The molecule has 0 heterocycles. The van der Waals surface area contributed by atoms with Gasteiger partial charge in [0.25, 0.3) is 11.4 Å². The summed E-state index contributed by atoms with van der Waals surface area (Å²) in [6.45, 7) is 0. The number of diazo groups is 2. The molecule has 0 aromatic heterocycles. The molecule has 0 saturated heterocycles. The van der Waals surface area contributed by atoms with Gasteiger partial charge in [0.2, 0.25) is 10.8 Å². The van der Waals surface area contributed by atoms with Crippen molar-refractivity contribution < 1.29 is 27.4 Å². The van der Waals surface area contributed by atoms with E-state index in [1.54, 1.807) is 0 Å². The summed E-state index contributed by atoms with van der Waals surface area (Å²) in [5.74, 6) is 0. The van der Waals surface area contributed by atoms with E-state index in [4.69, 9.17) is 28.3 Å². The topological polar surface area (TPSA) is 223 Å². The second kappa shape index (κ2) is 10.7. The van der Waals surface area contributed by atoms with E-state index < -0.39 is 20.2 Å². The van der Waals surface area contributed by atoms with Crippen LogP contribution in [0.25, 0.3) is 9.95 Å². The highest BCUT2D eigenvalue weighted by molar-refractivity contribution is 7.79. The molecule has 0 amide bonds. The molecular weight excluding hydrogens is 388 g/mol. The molecule has 14 nitrogen and oxygen atoms in total. The molecule has 0 unspecified atom stereocenters. The molecule has 0 aliphatic carbocycles. The standard InChI is InChI=1S/2C6H4N3O2.H2O4S/c2*7-8-5-2-1-3-6(4-5)9(10)11;1-5(2,3)4/h2*1-4H;(H2,1,2,3,4)/q2*+1;/p-2. The number of non-ortho nitro benzene ring substituents is 2. The second-order valence-electron chi connectivity index (χ2n) is 4.16. The summed E-state index contributed by atoms with van der Waals surface area (Å²) in [5, 5.41) is 36.8. The molecular formula is C12H8N6O8S. The minimum atomic E-state index is -5.17. The molecule has 140 valence electrons. The predicted molar refractivity (Wildman–Crippen MR) is 86.2 cm³/mol. The smallest absolute Gasteiger partial charge is 0.391 e. The maximum Gasteiger partial charge on any atom is 0.391 e. The maximum atomic E-state index is 10.2. The molecule has 2 rings (SSSR count). The van der Waals surface area contributed by atoms with E-state index in [2.05, 4.69) is 9.95 Å². The largest absolute Gasteiger partial charge is 0.759 e. The number of hydrogen-bond donors (Lipinski definition) is 0. The van der Waals surface area contributed by atoms with E-state index in [1.165, 1.54) is 48.5 Å². The maximum absolute atomic E-state index is 10.2. The van der Waals surface area contributed by atoms with Gasteiger partial charge >= 0.3 is 11.4 Å². The Balaban J connectivity index is 0.000000405. The Kier molecular flexibility index (Phi) is 9.13. The van der Waals surface area contributed by atoms with Gasteiger partial charge in [-0.1, -0.05) is 0 Å². The van der Waals surface area contributed by atoms with Crippen LogP contribution in [0.15, 0.2) is 48.5 Å². The van der Waals surface area contributed by atoms with Crippen molar-refractivity contribution in [1.29, 1.82) is 10.8 Å². The van der Waals surface area contributed by atoms with Crippen molar-refractivity contribution in [2.45, 2.75) is 0 Å². The molecule has 0 atom stereocenters. The summed E-state index contributed by atoms with van der Waals surface area (Å²) < 4.78 is 34.1. The summed E-state index contributed by atoms with van der Waals surface area (Å²) in [7, 11) is -5.17. The van der Waals surface area contributed by atoms with Gasteiger partial charge in [0.05, 0.1) is 9.85 Å². The van der Waals surface area contributed by atoms with E-state index in [0.717, 1.165) is 0 Å². The van der Waals surface area contributed by atoms with E-state index in [-0.39, 0.29) is 22.7 Å². The Morgan fingerprint density at radius 1 is 0.778 bits per heavy atom. The van der Waals surface area contributed by atoms with Gasteiger partial charge in [0.1, 0.15) is 12.1 Å². The Morgan fingerprint density at radius 3 is 1.30 bits per heavy atom. The van der Waals surface area contributed by atoms with E-state index >= 15 is 0 Å². The van der Waals surface area contributed by atoms with Crippen LogP contribution in [-0.2, 0) is 10.4 Å². The number of nitro groups is 2. The lowest BCUT2D eigenvalue weighted by atomic mass is 10.3. The van der Waals surface area contributed by atoms with Crippen LogP contribution < -0.4 is 0 Å². The Bertz CT molecular complexity index is 936. The average Bonchev–Trinajstić information content (AvgIpc) is 2.61. The van der Waals surface area contributed by atoms with Crippen LogP contribution in [0, 0.1) is 31.0 Å². The zero-order valence-corrected chi connectivity index (χ0v) is 13.8. The zero-order chi connectivity index (χ0) is 21.0. The molecule has 27 heavy (non-hydrogen) atoms. The second-order valence-corrected chi connectivity index (χ2v) is 4.98. The van der Waals surface area contributed by atoms with Crippen molar-refractivity contribution >= 4 is 33.1 Å². The lowest BCUT2D eigenvalue weighted by Crippen LogP contribution is -1.91. The molecule has 2 aromatic rings. The minimum Gasteiger partial charge on any atom is -0.759 e. The molecule has 0 radical (unpaired) electrons. The first-order valence-electron chi connectivity index (χ1n) is 6.33. The van der Waals surface area contributed by atoms with Gasteiger partial charge in [-0.15, -0.1) is 0 Å². The van der Waals surface area contributed by atoms with E-state index in [0.29, 0.717) is 0 Å².